The smallest absolute Gasteiger partial charge is 0.338 e. The van der Waals surface area contributed by atoms with Crippen LogP contribution in [-0.4, -0.2) is 50.1 Å². The minimum Gasteiger partial charge on any atom is -0.466 e. The third kappa shape index (κ3) is 3.89. The molecular formula is C18H15F3N4O4S2. The van der Waals surface area contributed by atoms with E-state index in [2.05, 4.69) is 14.7 Å². The van der Waals surface area contributed by atoms with Gasteiger partial charge in [-0.05, 0) is 6.07 Å². The van der Waals surface area contributed by atoms with Crippen molar-refractivity contribution in [3.05, 3.63) is 63.0 Å². The third-order valence-electron chi connectivity index (χ3n) is 4.92. The largest absolute Gasteiger partial charge is 0.466 e. The number of fused-ring (bicyclic) bond motifs is 1. The van der Waals surface area contributed by atoms with Gasteiger partial charge in [0.15, 0.2) is 28.3 Å². The van der Waals surface area contributed by atoms with Gasteiger partial charge in [-0.25, -0.2) is 31.9 Å². The highest BCUT2D eigenvalue weighted by molar-refractivity contribution is 7.77. The molecule has 0 spiro atoms. The number of aliphatic imine (C=N–C) groups is 1. The van der Waals surface area contributed by atoms with Crippen LogP contribution >= 0.6 is 11.3 Å². The van der Waals surface area contributed by atoms with Crippen LogP contribution in [0.5, 0.6) is 0 Å². The number of benzene rings is 1. The fourth-order valence-corrected chi connectivity index (χ4v) is 4.75. The number of nitrogens with zero attached hydrogens (tertiary/aromatic N) is 3. The topological polar surface area (TPSA) is 104 Å². The van der Waals surface area contributed by atoms with E-state index < -0.39 is 46.8 Å². The molecule has 1 aromatic carbocycles. The quantitative estimate of drug-likeness (QED) is 0.393. The highest BCUT2D eigenvalue weighted by Crippen LogP contribution is 2.41. The number of amidine groups is 1. The molecule has 0 amide bonds. The second-order valence-corrected chi connectivity index (χ2v) is 8.32. The van der Waals surface area contributed by atoms with Crippen molar-refractivity contribution < 1.29 is 31.5 Å². The summed E-state index contributed by atoms with van der Waals surface area (Å²) in [6, 6.07) is -0.0921. The van der Waals surface area contributed by atoms with Gasteiger partial charge in [0.05, 0.1) is 12.7 Å². The highest BCUT2D eigenvalue weighted by Gasteiger charge is 2.43. The molecule has 2 aliphatic heterocycles. The Balaban J connectivity index is 1.92. The Bertz CT molecular complexity index is 1120. The van der Waals surface area contributed by atoms with Gasteiger partial charge in [0, 0.05) is 41.8 Å². The first kappa shape index (κ1) is 21.6. The predicted molar refractivity (Wildman–Crippen MR) is 106 cm³/mol. The minimum absolute atomic E-state index is 0.0688. The summed E-state index contributed by atoms with van der Waals surface area (Å²) in [6.45, 7) is 0.174. The first-order valence-electron chi connectivity index (χ1n) is 8.88. The summed E-state index contributed by atoms with van der Waals surface area (Å²) < 4.78 is 69.9. The zero-order valence-electron chi connectivity index (χ0n) is 15.8. The normalized spacial score (nSPS) is 21.7. The molecule has 13 heteroatoms. The van der Waals surface area contributed by atoms with Crippen LogP contribution < -0.4 is 4.72 Å². The molecule has 2 N–H and O–H groups in total. The van der Waals surface area contributed by atoms with Crippen LogP contribution in [0, 0.1) is 17.5 Å². The summed E-state index contributed by atoms with van der Waals surface area (Å²) in [5, 5.41) is 2.14. The maximum Gasteiger partial charge on any atom is 0.338 e. The Morgan fingerprint density at radius 1 is 1.35 bits per heavy atom. The van der Waals surface area contributed by atoms with Crippen molar-refractivity contribution in [1.82, 2.24) is 14.6 Å². The molecule has 164 valence electrons. The van der Waals surface area contributed by atoms with E-state index in [1.165, 1.54) is 17.5 Å². The molecule has 8 nitrogen and oxygen atoms in total. The van der Waals surface area contributed by atoms with Gasteiger partial charge in [0.25, 0.3) is 0 Å². The second-order valence-electron chi connectivity index (χ2n) is 6.69. The first-order valence-corrected chi connectivity index (χ1v) is 10.9. The van der Waals surface area contributed by atoms with Crippen LogP contribution in [0.25, 0.3) is 0 Å². The molecule has 3 atom stereocenters. The molecule has 2 aliphatic rings. The Hall–Kier alpha value is -2.61. The summed E-state index contributed by atoms with van der Waals surface area (Å²) in [5.41, 5.74) is -0.0486. The number of nitrogens with one attached hydrogen (secondary N) is 1. The van der Waals surface area contributed by atoms with Gasteiger partial charge in [-0.2, -0.15) is 0 Å². The maximum absolute atomic E-state index is 14.7. The van der Waals surface area contributed by atoms with Gasteiger partial charge in [0.1, 0.15) is 6.04 Å². The molecule has 1 aromatic heterocycles. The lowest BCUT2D eigenvalue weighted by molar-refractivity contribution is -0.136. The molecule has 0 aliphatic carbocycles. The molecule has 31 heavy (non-hydrogen) atoms. The van der Waals surface area contributed by atoms with E-state index in [-0.39, 0.29) is 29.9 Å². The van der Waals surface area contributed by atoms with E-state index in [4.69, 9.17) is 4.74 Å². The first-order chi connectivity index (χ1) is 14.8. The Kier molecular flexibility index (Phi) is 5.92. The lowest BCUT2D eigenvalue weighted by atomic mass is 9.94. The van der Waals surface area contributed by atoms with Crippen molar-refractivity contribution in [3.8, 4) is 0 Å². The average Bonchev–Trinajstić information content (AvgIpc) is 3.40. The van der Waals surface area contributed by atoms with Crippen molar-refractivity contribution in [3.63, 3.8) is 0 Å². The van der Waals surface area contributed by atoms with Crippen molar-refractivity contribution >= 4 is 34.4 Å². The van der Waals surface area contributed by atoms with Crippen molar-refractivity contribution in [2.75, 3.05) is 13.7 Å². The minimum atomic E-state index is -2.31. The van der Waals surface area contributed by atoms with E-state index in [1.807, 2.05) is 0 Å². The number of carbonyl (C=O) groups is 1. The molecular weight excluding hydrogens is 457 g/mol. The molecule has 2 aromatic rings. The van der Waals surface area contributed by atoms with Gasteiger partial charge in [0.2, 0.25) is 11.3 Å². The molecule has 3 heterocycles. The molecule has 0 bridgehead atoms. The van der Waals surface area contributed by atoms with Gasteiger partial charge >= 0.3 is 5.97 Å². The molecule has 0 radical (unpaired) electrons. The number of thiazole rings is 1. The van der Waals surface area contributed by atoms with Crippen LogP contribution in [-0.2, 0) is 20.8 Å². The Morgan fingerprint density at radius 3 is 2.77 bits per heavy atom. The van der Waals surface area contributed by atoms with Gasteiger partial charge in [-0.3, -0.25) is 9.55 Å². The summed E-state index contributed by atoms with van der Waals surface area (Å²) in [6.07, 6.45) is 1.65. The number of carbonyl (C=O) groups excluding carboxylic acids is 1. The molecule has 1 saturated heterocycles. The summed E-state index contributed by atoms with van der Waals surface area (Å²) in [5.74, 6) is -5.07. The maximum atomic E-state index is 14.7. The Labute approximate surface area is 180 Å². The monoisotopic (exact) mass is 472 g/mol. The molecule has 4 rings (SSSR count). The fraction of sp³-hybridized carbons (Fsp3) is 0.278. The second kappa shape index (κ2) is 8.49. The molecule has 1 fully saturated rings. The number of ether oxygens (including phenoxy) is 1. The number of aromatic nitrogens is 1. The van der Waals surface area contributed by atoms with Crippen LogP contribution in [0.1, 0.15) is 23.0 Å². The molecule has 0 saturated carbocycles. The van der Waals surface area contributed by atoms with Crippen LogP contribution in [0.4, 0.5) is 13.2 Å². The predicted octanol–water partition coefficient (Wildman–Crippen LogP) is 2.29. The highest BCUT2D eigenvalue weighted by atomic mass is 32.2. The van der Waals surface area contributed by atoms with Gasteiger partial charge in [-0.15, -0.1) is 11.3 Å². The van der Waals surface area contributed by atoms with E-state index in [1.54, 1.807) is 10.3 Å². The van der Waals surface area contributed by atoms with E-state index >= 15 is 0 Å². The van der Waals surface area contributed by atoms with E-state index in [9.17, 15) is 26.7 Å². The molecule has 3 unspecified atom stereocenters. The zero-order chi connectivity index (χ0) is 22.3. The number of rotatable bonds is 5. The lowest BCUT2D eigenvalue weighted by Gasteiger charge is -2.31. The van der Waals surface area contributed by atoms with Crippen LogP contribution in [0.2, 0.25) is 0 Å². The van der Waals surface area contributed by atoms with Gasteiger partial charge < -0.3 is 9.64 Å². The van der Waals surface area contributed by atoms with Crippen molar-refractivity contribution in [2.45, 2.75) is 18.5 Å². The number of esters is 1. The number of hydrogen-bond acceptors (Lipinski definition) is 7. The van der Waals surface area contributed by atoms with Crippen LogP contribution in [0.15, 0.2) is 40.0 Å². The van der Waals surface area contributed by atoms with Crippen molar-refractivity contribution in [2.24, 2.45) is 4.99 Å². The van der Waals surface area contributed by atoms with Crippen LogP contribution in [0.3, 0.4) is 0 Å². The SMILES string of the molecule is COC(=O)C1=C2CC(NS(=O)O)CN2C(c2nccs2)=NC1c1ccc(F)c(F)c1F. The Morgan fingerprint density at radius 2 is 2.13 bits per heavy atom. The summed E-state index contributed by atoms with van der Waals surface area (Å²) >= 11 is -1.08. The lowest BCUT2D eigenvalue weighted by Crippen LogP contribution is -2.38. The third-order valence-corrected chi connectivity index (χ3v) is 6.22. The summed E-state index contributed by atoms with van der Waals surface area (Å²) in [4.78, 5) is 23.0. The zero-order valence-corrected chi connectivity index (χ0v) is 17.5. The average molecular weight is 472 g/mol. The van der Waals surface area contributed by atoms with Gasteiger partial charge in [-0.1, -0.05) is 6.07 Å². The van der Waals surface area contributed by atoms with E-state index in [0.717, 1.165) is 19.2 Å². The number of methoxy groups -OCH3 is 1. The number of hydrogen-bond donors (Lipinski definition) is 2. The fourth-order valence-electron chi connectivity index (χ4n) is 3.67. The van der Waals surface area contributed by atoms with E-state index in [0.29, 0.717) is 10.7 Å². The number of halogens is 3. The summed E-state index contributed by atoms with van der Waals surface area (Å²) in [7, 11) is 1.13. The standard InChI is InChI=1S/C18H15F3N4O4S2/c1-29-18(26)12-11-6-8(24-31(27)28)7-25(11)16(17-22-4-5-30-17)23-15(12)9-2-3-10(19)14(21)13(9)20/h2-5,8,15,24H,6-7H2,1H3,(H,27,28). The van der Waals surface area contributed by atoms with Crippen molar-refractivity contribution in [1.29, 1.82) is 0 Å².